The second kappa shape index (κ2) is 8.39. The number of carboxylic acid groups (broad SMARTS) is 1. The number of amides is 3. The maximum Gasteiger partial charge on any atom is 0.326 e. The molecule has 3 amide bonds. The number of nitrogens with two attached hydrogens (primary N) is 1. The van der Waals surface area contributed by atoms with Crippen LogP contribution in [-0.2, 0) is 9.59 Å². The van der Waals surface area contributed by atoms with E-state index in [1.807, 2.05) is 13.8 Å². The van der Waals surface area contributed by atoms with Gasteiger partial charge in [-0.1, -0.05) is 40.5 Å². The smallest absolute Gasteiger partial charge is 0.326 e. The van der Waals surface area contributed by atoms with Crippen LogP contribution >= 0.6 is 0 Å². The van der Waals surface area contributed by atoms with Gasteiger partial charge >= 0.3 is 12.0 Å². The third-order valence-electron chi connectivity index (χ3n) is 3.57. The van der Waals surface area contributed by atoms with Crippen LogP contribution in [0.25, 0.3) is 0 Å². The van der Waals surface area contributed by atoms with Gasteiger partial charge in [0.1, 0.15) is 12.1 Å². The molecule has 4 atom stereocenters. The fraction of sp³-hybridized carbons (Fsp3) is 0.769. The molecule has 0 aromatic heterocycles. The largest absolute Gasteiger partial charge is 0.480 e. The van der Waals surface area contributed by atoms with E-state index in [4.69, 9.17) is 10.8 Å². The number of primary amides is 1. The maximum absolute atomic E-state index is 12.2. The molecular formula is C13H25N3O4. The first-order chi connectivity index (χ1) is 9.24. The second-order valence-electron chi connectivity index (χ2n) is 5.08. The molecule has 116 valence electrons. The van der Waals surface area contributed by atoms with Gasteiger partial charge in [-0.05, 0) is 11.8 Å². The topological polar surface area (TPSA) is 122 Å². The highest BCUT2D eigenvalue weighted by Gasteiger charge is 2.31. The van der Waals surface area contributed by atoms with Gasteiger partial charge in [-0.25, -0.2) is 9.59 Å². The molecular weight excluding hydrogens is 262 g/mol. The lowest BCUT2D eigenvalue weighted by molar-refractivity contribution is -0.143. The summed E-state index contributed by atoms with van der Waals surface area (Å²) in [5.41, 5.74) is 5.05. The number of hydrogen-bond acceptors (Lipinski definition) is 3. The molecule has 0 aliphatic heterocycles. The number of carbonyl (C=O) groups excluding carboxylic acids is 2. The molecule has 0 bridgehead atoms. The van der Waals surface area contributed by atoms with Crippen LogP contribution in [0.5, 0.6) is 0 Å². The lowest BCUT2D eigenvalue weighted by Crippen LogP contribution is -2.56. The zero-order valence-electron chi connectivity index (χ0n) is 12.5. The van der Waals surface area contributed by atoms with E-state index in [2.05, 4.69) is 10.6 Å². The van der Waals surface area contributed by atoms with Gasteiger partial charge in [-0.2, -0.15) is 0 Å². The van der Waals surface area contributed by atoms with Gasteiger partial charge in [-0.3, -0.25) is 4.79 Å². The third-order valence-corrected chi connectivity index (χ3v) is 3.57. The Morgan fingerprint density at radius 2 is 1.45 bits per heavy atom. The number of aliphatic carboxylic acids is 1. The summed E-state index contributed by atoms with van der Waals surface area (Å²) in [5.74, 6) is -1.96. The van der Waals surface area contributed by atoms with Crippen LogP contribution in [0.3, 0.4) is 0 Å². The Morgan fingerprint density at radius 3 is 1.80 bits per heavy atom. The molecule has 0 heterocycles. The van der Waals surface area contributed by atoms with Crippen LogP contribution in [0, 0.1) is 11.8 Å². The zero-order chi connectivity index (χ0) is 15.9. The Balaban J connectivity index is 4.96. The molecule has 0 saturated carbocycles. The van der Waals surface area contributed by atoms with Crippen molar-refractivity contribution in [3.8, 4) is 0 Å². The van der Waals surface area contributed by atoms with Crippen LogP contribution in [-0.4, -0.2) is 35.1 Å². The molecule has 0 saturated heterocycles. The molecule has 3 unspecified atom stereocenters. The van der Waals surface area contributed by atoms with Gasteiger partial charge in [0.05, 0.1) is 0 Å². The van der Waals surface area contributed by atoms with Crippen molar-refractivity contribution in [2.45, 2.75) is 52.6 Å². The normalized spacial score (nSPS) is 16.6. The predicted octanol–water partition coefficient (Wildman–Crippen LogP) is 0.685. The Hall–Kier alpha value is -1.79. The monoisotopic (exact) mass is 287 g/mol. The molecule has 5 N–H and O–H groups in total. The first-order valence-corrected chi connectivity index (χ1v) is 6.83. The highest BCUT2D eigenvalue weighted by Crippen LogP contribution is 2.11. The van der Waals surface area contributed by atoms with Gasteiger partial charge in [0.25, 0.3) is 0 Å². The molecule has 0 aliphatic carbocycles. The molecule has 0 fully saturated rings. The predicted molar refractivity (Wildman–Crippen MR) is 75.0 cm³/mol. The van der Waals surface area contributed by atoms with Gasteiger partial charge in [0.15, 0.2) is 0 Å². The van der Waals surface area contributed by atoms with E-state index in [9.17, 15) is 14.4 Å². The van der Waals surface area contributed by atoms with Crippen LogP contribution < -0.4 is 16.4 Å². The quantitative estimate of drug-likeness (QED) is 0.524. The maximum atomic E-state index is 12.2. The highest BCUT2D eigenvalue weighted by atomic mass is 16.4. The van der Waals surface area contributed by atoms with Gasteiger partial charge < -0.3 is 21.5 Å². The summed E-state index contributed by atoms with van der Waals surface area (Å²) < 4.78 is 0. The minimum Gasteiger partial charge on any atom is -0.480 e. The van der Waals surface area contributed by atoms with Gasteiger partial charge in [0, 0.05) is 0 Å². The SMILES string of the molecule is CCC(C)C(NC(N)=O)C(=O)N[C@H](C(=O)O)C(C)CC. The van der Waals surface area contributed by atoms with Gasteiger partial charge in [-0.15, -0.1) is 0 Å². The second-order valence-corrected chi connectivity index (χ2v) is 5.08. The summed E-state index contributed by atoms with van der Waals surface area (Å²) in [6.07, 6.45) is 1.27. The number of urea groups is 1. The van der Waals surface area contributed by atoms with E-state index in [0.29, 0.717) is 12.8 Å². The average Bonchev–Trinajstić information content (AvgIpc) is 2.39. The number of carbonyl (C=O) groups is 3. The van der Waals surface area contributed by atoms with Crippen molar-refractivity contribution in [2.24, 2.45) is 17.6 Å². The van der Waals surface area contributed by atoms with Crippen LogP contribution in [0.4, 0.5) is 4.79 Å². The van der Waals surface area contributed by atoms with E-state index in [1.54, 1.807) is 13.8 Å². The Morgan fingerprint density at radius 1 is 1.00 bits per heavy atom. The molecule has 0 aromatic rings. The molecule has 7 heteroatoms. The van der Waals surface area contributed by atoms with Crippen molar-refractivity contribution in [2.75, 3.05) is 0 Å². The van der Waals surface area contributed by atoms with E-state index in [0.717, 1.165) is 0 Å². The first-order valence-electron chi connectivity index (χ1n) is 6.83. The molecule has 20 heavy (non-hydrogen) atoms. The lowest BCUT2D eigenvalue weighted by Gasteiger charge is -2.26. The Kier molecular flexibility index (Phi) is 7.64. The van der Waals surface area contributed by atoms with E-state index in [-0.39, 0.29) is 11.8 Å². The number of carboxylic acids is 1. The fourth-order valence-electron chi connectivity index (χ4n) is 1.78. The van der Waals surface area contributed by atoms with Gasteiger partial charge in [0.2, 0.25) is 5.91 Å². The summed E-state index contributed by atoms with van der Waals surface area (Å²) in [4.78, 5) is 34.3. The highest BCUT2D eigenvalue weighted by molar-refractivity contribution is 5.90. The van der Waals surface area contributed by atoms with Crippen LogP contribution in [0.2, 0.25) is 0 Å². The summed E-state index contributed by atoms with van der Waals surface area (Å²) in [7, 11) is 0. The molecule has 0 aromatic carbocycles. The molecule has 7 nitrogen and oxygen atoms in total. The fourth-order valence-corrected chi connectivity index (χ4v) is 1.78. The number of nitrogens with one attached hydrogen (secondary N) is 2. The summed E-state index contributed by atoms with van der Waals surface area (Å²) in [5, 5.41) is 14.0. The Bertz CT molecular complexity index is 360. The summed E-state index contributed by atoms with van der Waals surface area (Å²) >= 11 is 0. The molecule has 0 rings (SSSR count). The van der Waals surface area contributed by atoms with E-state index >= 15 is 0 Å². The summed E-state index contributed by atoms with van der Waals surface area (Å²) in [6, 6.07) is -2.61. The van der Waals surface area contributed by atoms with Crippen molar-refractivity contribution in [3.05, 3.63) is 0 Å². The number of rotatable bonds is 8. The van der Waals surface area contributed by atoms with Crippen LogP contribution in [0.1, 0.15) is 40.5 Å². The number of hydrogen-bond donors (Lipinski definition) is 4. The summed E-state index contributed by atoms with van der Waals surface area (Å²) in [6.45, 7) is 7.26. The zero-order valence-corrected chi connectivity index (χ0v) is 12.5. The van der Waals surface area contributed by atoms with Crippen molar-refractivity contribution in [1.29, 1.82) is 0 Å². The molecule has 0 radical (unpaired) electrons. The molecule has 0 aliphatic rings. The minimum absolute atomic E-state index is 0.145. The third kappa shape index (κ3) is 5.46. The van der Waals surface area contributed by atoms with E-state index < -0.39 is 30.0 Å². The minimum atomic E-state index is -1.09. The van der Waals surface area contributed by atoms with Crippen molar-refractivity contribution < 1.29 is 19.5 Å². The first kappa shape index (κ1) is 18.2. The lowest BCUT2D eigenvalue weighted by atomic mass is 9.95. The van der Waals surface area contributed by atoms with Crippen molar-refractivity contribution >= 4 is 17.9 Å². The Labute approximate surface area is 119 Å². The van der Waals surface area contributed by atoms with E-state index in [1.165, 1.54) is 0 Å². The standard InChI is InChI=1S/C13H25N3O4/c1-5-7(3)9(16-13(14)20)11(17)15-10(12(18)19)8(4)6-2/h7-10H,5-6H2,1-4H3,(H,15,17)(H,18,19)(H3,14,16,20)/t7?,8?,9?,10-/m0/s1. The van der Waals surface area contributed by atoms with Crippen LogP contribution in [0.15, 0.2) is 0 Å². The van der Waals surface area contributed by atoms with Crippen molar-refractivity contribution in [1.82, 2.24) is 10.6 Å². The molecule has 0 spiro atoms. The average molecular weight is 287 g/mol. The van der Waals surface area contributed by atoms with Crippen molar-refractivity contribution in [3.63, 3.8) is 0 Å².